The van der Waals surface area contributed by atoms with Gasteiger partial charge in [0.2, 0.25) is 5.91 Å². The third-order valence-electron chi connectivity index (χ3n) is 3.05. The van der Waals surface area contributed by atoms with E-state index in [2.05, 4.69) is 5.32 Å². The molecule has 0 aliphatic heterocycles. The van der Waals surface area contributed by atoms with Crippen LogP contribution in [0.3, 0.4) is 0 Å². The van der Waals surface area contributed by atoms with E-state index < -0.39 is 11.9 Å². The quantitative estimate of drug-likeness (QED) is 0.821. The van der Waals surface area contributed by atoms with Crippen molar-refractivity contribution in [1.82, 2.24) is 5.32 Å². The third-order valence-corrected chi connectivity index (χ3v) is 3.93. The number of ether oxygens (including phenoxy) is 2. The maximum Gasteiger partial charge on any atom is 0.239 e. The van der Waals surface area contributed by atoms with Gasteiger partial charge >= 0.3 is 0 Å². The molecule has 0 spiro atoms. The average Bonchev–Trinajstić information content (AvgIpc) is 3.00. The second kappa shape index (κ2) is 7.10. The first-order valence-electron chi connectivity index (χ1n) is 6.42. The van der Waals surface area contributed by atoms with Gasteiger partial charge in [0, 0.05) is 17.5 Å². The molecule has 0 saturated heterocycles. The molecule has 3 N–H and O–H groups in total. The molecular formula is C15H18N2O3S. The molecular weight excluding hydrogens is 288 g/mol. The Morgan fingerprint density at radius 2 is 1.95 bits per heavy atom. The van der Waals surface area contributed by atoms with Crippen LogP contribution in [0.4, 0.5) is 0 Å². The minimum atomic E-state index is -0.601. The van der Waals surface area contributed by atoms with Gasteiger partial charge in [-0.1, -0.05) is 6.07 Å². The van der Waals surface area contributed by atoms with E-state index in [0.717, 1.165) is 10.4 Å². The summed E-state index contributed by atoms with van der Waals surface area (Å²) in [5.41, 5.74) is 6.23. The summed E-state index contributed by atoms with van der Waals surface area (Å²) in [6.45, 7) is 0.574. The van der Waals surface area contributed by atoms with Gasteiger partial charge in [-0.05, 0) is 29.1 Å². The van der Waals surface area contributed by atoms with Crippen molar-refractivity contribution in [2.75, 3.05) is 14.2 Å². The number of rotatable bonds is 7. The van der Waals surface area contributed by atoms with Gasteiger partial charge in [0.25, 0.3) is 0 Å². The standard InChI is InChI=1S/C15H18N2O3S/c1-19-11-6-10(7-12(8-11)20-2)14(15(16)18)17-9-13-4-3-5-21-13/h3-8,14,17H,9H2,1-2H3,(H2,16,18). The molecule has 0 radical (unpaired) electrons. The number of primary amides is 1. The van der Waals surface area contributed by atoms with Crippen LogP contribution in [0, 0.1) is 0 Å². The van der Waals surface area contributed by atoms with Crippen LogP contribution in [0.15, 0.2) is 35.7 Å². The van der Waals surface area contributed by atoms with E-state index in [-0.39, 0.29) is 0 Å². The number of thiophene rings is 1. The summed E-state index contributed by atoms with van der Waals surface area (Å²) in [5.74, 6) is 0.795. The number of nitrogens with two attached hydrogens (primary N) is 1. The smallest absolute Gasteiger partial charge is 0.239 e. The van der Waals surface area contributed by atoms with E-state index in [9.17, 15) is 4.79 Å². The molecule has 0 aliphatic carbocycles. The SMILES string of the molecule is COc1cc(OC)cc(C(NCc2cccs2)C(N)=O)c1. The van der Waals surface area contributed by atoms with Gasteiger partial charge < -0.3 is 15.2 Å². The van der Waals surface area contributed by atoms with Gasteiger partial charge in [0.15, 0.2) is 0 Å². The minimum Gasteiger partial charge on any atom is -0.497 e. The topological polar surface area (TPSA) is 73.6 Å². The highest BCUT2D eigenvalue weighted by molar-refractivity contribution is 7.09. The van der Waals surface area contributed by atoms with Crippen LogP contribution in [0.25, 0.3) is 0 Å². The molecule has 2 rings (SSSR count). The summed E-state index contributed by atoms with van der Waals surface area (Å²) in [4.78, 5) is 12.9. The Morgan fingerprint density at radius 3 is 2.43 bits per heavy atom. The second-order valence-electron chi connectivity index (χ2n) is 4.44. The van der Waals surface area contributed by atoms with Crippen LogP contribution in [-0.4, -0.2) is 20.1 Å². The summed E-state index contributed by atoms with van der Waals surface area (Å²) in [5, 5.41) is 5.16. The van der Waals surface area contributed by atoms with Crippen LogP contribution in [0.5, 0.6) is 11.5 Å². The summed E-state index contributed by atoms with van der Waals surface area (Å²) >= 11 is 1.62. The summed E-state index contributed by atoms with van der Waals surface area (Å²) in [7, 11) is 3.13. The van der Waals surface area contributed by atoms with E-state index >= 15 is 0 Å². The van der Waals surface area contributed by atoms with Crippen LogP contribution in [-0.2, 0) is 11.3 Å². The lowest BCUT2D eigenvalue weighted by atomic mass is 10.1. The first-order chi connectivity index (χ1) is 10.1. The Labute approximate surface area is 127 Å². The van der Waals surface area contributed by atoms with E-state index in [1.54, 1.807) is 43.8 Å². The van der Waals surface area contributed by atoms with E-state index in [1.165, 1.54) is 0 Å². The molecule has 0 aliphatic rings. The summed E-state index contributed by atoms with van der Waals surface area (Å²) in [6.07, 6.45) is 0. The van der Waals surface area contributed by atoms with Gasteiger partial charge in [-0.15, -0.1) is 11.3 Å². The molecule has 2 aromatic rings. The number of amides is 1. The highest BCUT2D eigenvalue weighted by atomic mass is 32.1. The monoisotopic (exact) mass is 306 g/mol. The van der Waals surface area contributed by atoms with E-state index in [0.29, 0.717) is 18.0 Å². The van der Waals surface area contributed by atoms with Gasteiger partial charge in [-0.2, -0.15) is 0 Å². The molecule has 1 heterocycles. The number of carbonyl (C=O) groups is 1. The molecule has 1 amide bonds. The molecule has 1 unspecified atom stereocenters. The Kier molecular flexibility index (Phi) is 5.19. The lowest BCUT2D eigenvalue weighted by Crippen LogP contribution is -2.33. The molecule has 0 bridgehead atoms. The van der Waals surface area contributed by atoms with Crippen molar-refractivity contribution in [3.05, 3.63) is 46.2 Å². The first-order valence-corrected chi connectivity index (χ1v) is 7.30. The van der Waals surface area contributed by atoms with Crippen LogP contribution >= 0.6 is 11.3 Å². The molecule has 21 heavy (non-hydrogen) atoms. The largest absolute Gasteiger partial charge is 0.497 e. The first kappa shape index (κ1) is 15.3. The fourth-order valence-corrected chi connectivity index (χ4v) is 2.65. The zero-order chi connectivity index (χ0) is 15.2. The van der Waals surface area contributed by atoms with Crippen LogP contribution in [0.2, 0.25) is 0 Å². The van der Waals surface area contributed by atoms with Crippen molar-refractivity contribution in [2.24, 2.45) is 5.73 Å². The Morgan fingerprint density at radius 1 is 1.29 bits per heavy atom. The number of carbonyl (C=O) groups excluding carboxylic acids is 1. The lowest BCUT2D eigenvalue weighted by molar-refractivity contribution is -0.120. The third kappa shape index (κ3) is 3.96. The summed E-state index contributed by atoms with van der Waals surface area (Å²) in [6, 6.07) is 8.67. The fraction of sp³-hybridized carbons (Fsp3) is 0.267. The minimum absolute atomic E-state index is 0.443. The molecule has 112 valence electrons. The van der Waals surface area contributed by atoms with Crippen molar-refractivity contribution in [3.63, 3.8) is 0 Å². The molecule has 1 aromatic carbocycles. The Balaban J connectivity index is 2.22. The lowest BCUT2D eigenvalue weighted by Gasteiger charge is -2.17. The van der Waals surface area contributed by atoms with Crippen molar-refractivity contribution in [3.8, 4) is 11.5 Å². The normalized spacial score (nSPS) is 11.9. The highest BCUT2D eigenvalue weighted by Crippen LogP contribution is 2.26. The van der Waals surface area contributed by atoms with Gasteiger partial charge in [0.1, 0.15) is 17.5 Å². The predicted molar refractivity (Wildman–Crippen MR) is 82.6 cm³/mol. The number of hydrogen-bond donors (Lipinski definition) is 2. The predicted octanol–water partition coefficient (Wildman–Crippen LogP) is 2.08. The van der Waals surface area contributed by atoms with E-state index in [4.69, 9.17) is 15.2 Å². The molecule has 1 aromatic heterocycles. The number of methoxy groups -OCH3 is 2. The average molecular weight is 306 g/mol. The van der Waals surface area contributed by atoms with Crippen molar-refractivity contribution < 1.29 is 14.3 Å². The zero-order valence-electron chi connectivity index (χ0n) is 12.0. The van der Waals surface area contributed by atoms with Crippen molar-refractivity contribution in [2.45, 2.75) is 12.6 Å². The van der Waals surface area contributed by atoms with E-state index in [1.807, 2.05) is 17.5 Å². The number of benzene rings is 1. The van der Waals surface area contributed by atoms with Gasteiger partial charge in [-0.25, -0.2) is 0 Å². The van der Waals surface area contributed by atoms with Gasteiger partial charge in [0.05, 0.1) is 14.2 Å². The fourth-order valence-electron chi connectivity index (χ4n) is 1.99. The van der Waals surface area contributed by atoms with Crippen molar-refractivity contribution >= 4 is 17.2 Å². The highest BCUT2D eigenvalue weighted by Gasteiger charge is 2.19. The van der Waals surface area contributed by atoms with Crippen molar-refractivity contribution in [1.29, 1.82) is 0 Å². The molecule has 6 heteroatoms. The molecule has 0 fully saturated rings. The molecule has 1 atom stereocenters. The van der Waals surface area contributed by atoms with Crippen LogP contribution < -0.4 is 20.5 Å². The number of nitrogens with one attached hydrogen (secondary N) is 1. The Bertz CT molecular complexity index is 577. The Hall–Kier alpha value is -2.05. The molecule has 0 saturated carbocycles. The summed E-state index contributed by atoms with van der Waals surface area (Å²) < 4.78 is 10.4. The number of hydrogen-bond acceptors (Lipinski definition) is 5. The molecule has 5 nitrogen and oxygen atoms in total. The second-order valence-corrected chi connectivity index (χ2v) is 5.47. The maximum absolute atomic E-state index is 11.7. The van der Waals surface area contributed by atoms with Crippen LogP contribution in [0.1, 0.15) is 16.5 Å². The van der Waals surface area contributed by atoms with Gasteiger partial charge in [-0.3, -0.25) is 10.1 Å². The zero-order valence-corrected chi connectivity index (χ0v) is 12.8. The maximum atomic E-state index is 11.7.